The van der Waals surface area contributed by atoms with Crippen LogP contribution in [0, 0.1) is 17.5 Å². The minimum Gasteiger partial charge on any atom is -0.550 e. The van der Waals surface area contributed by atoms with Gasteiger partial charge in [0.15, 0.2) is 23.2 Å². The average molecular weight is 285 g/mol. The first kappa shape index (κ1) is 15.0. The lowest BCUT2D eigenvalue weighted by atomic mass is 9.99. The summed E-state index contributed by atoms with van der Waals surface area (Å²) in [5.41, 5.74) is -3.95. The molecule has 0 aliphatic carbocycles. The van der Waals surface area contributed by atoms with Crippen LogP contribution in [0.5, 0.6) is 0 Å². The van der Waals surface area contributed by atoms with Crippen molar-refractivity contribution in [2.24, 2.45) is 0 Å². The number of Topliss-reactive ketones (excluding diaryl/α,β-unsaturated/α-hetero) is 1. The van der Waals surface area contributed by atoms with Crippen LogP contribution < -0.4 is 5.11 Å². The van der Waals surface area contributed by atoms with Gasteiger partial charge in [0.1, 0.15) is 0 Å². The Bertz CT molecular complexity index is 549. The summed E-state index contributed by atoms with van der Waals surface area (Å²) >= 11 is 0. The van der Waals surface area contributed by atoms with Gasteiger partial charge in [-0.1, -0.05) is 0 Å². The summed E-state index contributed by atoms with van der Waals surface area (Å²) in [5, 5.41) is 10.1. The molecule has 3 nitrogen and oxygen atoms in total. The van der Waals surface area contributed by atoms with Gasteiger partial charge in [-0.2, -0.15) is 13.2 Å². The molecule has 0 amide bonds. The van der Waals surface area contributed by atoms with E-state index in [-0.39, 0.29) is 0 Å². The summed E-state index contributed by atoms with van der Waals surface area (Å²) in [7, 11) is 0. The molecule has 1 aromatic carbocycles. The molecule has 0 saturated heterocycles. The van der Waals surface area contributed by atoms with Crippen molar-refractivity contribution in [1.29, 1.82) is 0 Å². The number of carboxylic acids is 1. The highest BCUT2D eigenvalue weighted by Gasteiger charge is 2.39. The molecule has 1 aromatic rings. The maximum atomic E-state index is 13.2. The Hall–Kier alpha value is -2.06. The van der Waals surface area contributed by atoms with Crippen LogP contribution in [0.1, 0.15) is 22.3 Å². The number of hydrogen-bond donors (Lipinski definition) is 0. The number of aliphatic carboxylic acids is 1. The maximum Gasteiger partial charge on any atom is 0.417 e. The molecule has 0 aliphatic rings. The number of rotatable bonds is 3. The van der Waals surface area contributed by atoms with Crippen LogP contribution in [0.4, 0.5) is 26.3 Å². The smallest absolute Gasteiger partial charge is 0.417 e. The van der Waals surface area contributed by atoms with E-state index >= 15 is 0 Å². The van der Waals surface area contributed by atoms with E-state index in [1.54, 1.807) is 0 Å². The summed E-state index contributed by atoms with van der Waals surface area (Å²) in [4.78, 5) is 21.3. The average Bonchev–Trinajstić information content (AvgIpc) is 2.22. The van der Waals surface area contributed by atoms with E-state index in [0.717, 1.165) is 0 Å². The molecule has 0 saturated carbocycles. The number of benzene rings is 1. The van der Waals surface area contributed by atoms with Crippen LogP contribution in [-0.4, -0.2) is 11.8 Å². The quantitative estimate of drug-likeness (QED) is 0.365. The van der Waals surface area contributed by atoms with Crippen LogP contribution in [0.15, 0.2) is 6.07 Å². The Kier molecular flexibility index (Phi) is 3.87. The van der Waals surface area contributed by atoms with Crippen LogP contribution in [0.25, 0.3) is 0 Å². The van der Waals surface area contributed by atoms with Gasteiger partial charge >= 0.3 is 6.18 Å². The lowest BCUT2D eigenvalue weighted by Gasteiger charge is -2.14. The van der Waals surface area contributed by atoms with Crippen molar-refractivity contribution in [2.75, 3.05) is 0 Å². The summed E-state index contributed by atoms with van der Waals surface area (Å²) in [6.45, 7) is 0. The van der Waals surface area contributed by atoms with E-state index in [2.05, 4.69) is 0 Å². The summed E-state index contributed by atoms with van der Waals surface area (Å²) in [6.07, 6.45) is -6.95. The standard InChI is InChI=1S/C10H4F6O3/c11-4-1-3(10(14,15)16)7(9(13)8(4)12)5(17)2-6(18)19/h1H,2H2,(H,18,19)/p-1. The van der Waals surface area contributed by atoms with E-state index < -0.39 is 59.0 Å². The van der Waals surface area contributed by atoms with Crippen LogP contribution in [-0.2, 0) is 11.0 Å². The Balaban J connectivity index is 3.55. The number of halogens is 6. The molecular weight excluding hydrogens is 282 g/mol. The first-order valence-electron chi connectivity index (χ1n) is 4.53. The van der Waals surface area contributed by atoms with Gasteiger partial charge in [-0.3, -0.25) is 4.79 Å². The van der Waals surface area contributed by atoms with Crippen molar-refractivity contribution in [3.05, 3.63) is 34.6 Å². The topological polar surface area (TPSA) is 57.2 Å². The molecule has 1 rings (SSSR count). The highest BCUT2D eigenvalue weighted by Crippen LogP contribution is 2.35. The summed E-state index contributed by atoms with van der Waals surface area (Å²) in [5.74, 6) is -10.8. The number of alkyl halides is 3. The van der Waals surface area contributed by atoms with Gasteiger partial charge in [0.05, 0.1) is 17.5 Å². The minimum absolute atomic E-state index is 0.416. The maximum absolute atomic E-state index is 13.2. The number of hydrogen-bond acceptors (Lipinski definition) is 3. The number of carbonyl (C=O) groups excluding carboxylic acids is 2. The SMILES string of the molecule is O=C([O-])CC(=O)c1c(C(F)(F)F)cc(F)c(F)c1F. The Morgan fingerprint density at radius 3 is 2.05 bits per heavy atom. The molecule has 0 N–H and O–H groups in total. The first-order chi connectivity index (χ1) is 8.55. The highest BCUT2D eigenvalue weighted by atomic mass is 19.4. The van der Waals surface area contributed by atoms with Gasteiger partial charge in [-0.25, -0.2) is 13.2 Å². The van der Waals surface area contributed by atoms with Crippen LogP contribution in [0.3, 0.4) is 0 Å². The summed E-state index contributed by atoms with van der Waals surface area (Å²) in [6, 6.07) is -0.416. The molecule has 0 aromatic heterocycles. The molecule has 0 fully saturated rings. The van der Waals surface area contributed by atoms with E-state index in [4.69, 9.17) is 0 Å². The second-order valence-corrected chi connectivity index (χ2v) is 3.38. The van der Waals surface area contributed by atoms with Crippen LogP contribution in [0.2, 0.25) is 0 Å². The van der Waals surface area contributed by atoms with E-state index in [0.29, 0.717) is 0 Å². The van der Waals surface area contributed by atoms with Gasteiger partial charge in [0.2, 0.25) is 0 Å². The van der Waals surface area contributed by atoms with Crippen molar-refractivity contribution in [2.45, 2.75) is 12.6 Å². The molecule has 0 aliphatic heterocycles. The molecule has 0 spiro atoms. The Labute approximate surface area is 101 Å². The van der Waals surface area contributed by atoms with Gasteiger partial charge in [-0.05, 0) is 6.07 Å². The molecule has 9 heteroatoms. The van der Waals surface area contributed by atoms with Gasteiger partial charge in [0.25, 0.3) is 0 Å². The third-order valence-corrected chi connectivity index (χ3v) is 2.05. The zero-order chi connectivity index (χ0) is 15.0. The third kappa shape index (κ3) is 3.04. The van der Waals surface area contributed by atoms with Gasteiger partial charge < -0.3 is 9.90 Å². The van der Waals surface area contributed by atoms with Crippen molar-refractivity contribution in [1.82, 2.24) is 0 Å². The Morgan fingerprint density at radius 1 is 1.11 bits per heavy atom. The fourth-order valence-corrected chi connectivity index (χ4v) is 1.31. The van der Waals surface area contributed by atoms with Crippen molar-refractivity contribution in [3.63, 3.8) is 0 Å². The van der Waals surface area contributed by atoms with Gasteiger partial charge in [-0.15, -0.1) is 0 Å². The fraction of sp³-hybridized carbons (Fsp3) is 0.200. The number of ketones is 1. The minimum atomic E-state index is -5.35. The van der Waals surface area contributed by atoms with E-state index in [1.165, 1.54) is 0 Å². The molecule has 0 heterocycles. The second-order valence-electron chi connectivity index (χ2n) is 3.38. The lowest BCUT2D eigenvalue weighted by Crippen LogP contribution is -2.27. The fourth-order valence-electron chi connectivity index (χ4n) is 1.31. The predicted octanol–water partition coefficient (Wildman–Crippen LogP) is 1.45. The molecular formula is C10H3F6O3-. The zero-order valence-corrected chi connectivity index (χ0v) is 8.78. The second kappa shape index (κ2) is 4.90. The number of carboxylic acid groups (broad SMARTS) is 1. The molecule has 19 heavy (non-hydrogen) atoms. The largest absolute Gasteiger partial charge is 0.550 e. The zero-order valence-electron chi connectivity index (χ0n) is 8.78. The van der Waals surface area contributed by atoms with E-state index in [9.17, 15) is 41.0 Å². The third-order valence-electron chi connectivity index (χ3n) is 2.05. The normalized spacial score (nSPS) is 11.5. The first-order valence-corrected chi connectivity index (χ1v) is 4.53. The van der Waals surface area contributed by atoms with Crippen molar-refractivity contribution in [3.8, 4) is 0 Å². The molecule has 104 valence electrons. The Morgan fingerprint density at radius 2 is 1.63 bits per heavy atom. The van der Waals surface area contributed by atoms with E-state index in [1.807, 2.05) is 0 Å². The van der Waals surface area contributed by atoms with Gasteiger partial charge in [0, 0.05) is 5.97 Å². The monoisotopic (exact) mass is 285 g/mol. The molecule has 0 atom stereocenters. The molecule has 0 unspecified atom stereocenters. The summed E-state index contributed by atoms with van der Waals surface area (Å²) < 4.78 is 76.2. The molecule has 0 bridgehead atoms. The number of carbonyl (C=O) groups is 2. The predicted molar refractivity (Wildman–Crippen MR) is 45.3 cm³/mol. The lowest BCUT2D eigenvalue weighted by molar-refractivity contribution is -0.304. The highest BCUT2D eigenvalue weighted by molar-refractivity contribution is 6.06. The van der Waals surface area contributed by atoms with Crippen molar-refractivity contribution < 1.29 is 41.0 Å². The van der Waals surface area contributed by atoms with Crippen molar-refractivity contribution >= 4 is 11.8 Å². The van der Waals surface area contributed by atoms with Crippen LogP contribution >= 0.6 is 0 Å². The molecule has 0 radical (unpaired) electrons.